The maximum Gasteiger partial charge on any atom is 0.0966 e. The van der Waals surface area contributed by atoms with E-state index in [0.717, 1.165) is 0 Å². The molecule has 0 amide bonds. The Morgan fingerprint density at radius 2 is 2.00 bits per heavy atom. The van der Waals surface area contributed by atoms with Gasteiger partial charge in [-0.15, -0.1) is 23.4 Å². The van der Waals surface area contributed by atoms with Crippen LogP contribution in [-0.4, -0.2) is 10.9 Å². The van der Waals surface area contributed by atoms with E-state index in [9.17, 15) is 0 Å². The Labute approximate surface area is 58.0 Å². The van der Waals surface area contributed by atoms with E-state index < -0.39 is 0 Å². The fourth-order valence-electron chi connectivity index (χ4n) is 0.401. The molecule has 0 fully saturated rings. The number of thioether (sulfide) groups is 1. The van der Waals surface area contributed by atoms with Crippen LogP contribution in [0, 0.1) is 0 Å². The van der Waals surface area contributed by atoms with E-state index in [1.807, 2.05) is 28.1 Å². The van der Waals surface area contributed by atoms with Gasteiger partial charge in [0, 0.05) is 12.4 Å². The van der Waals surface area contributed by atoms with E-state index in [1.54, 1.807) is 11.8 Å². The fraction of sp³-hybridized carbons (Fsp3) is 0.200. The van der Waals surface area contributed by atoms with E-state index in [2.05, 4.69) is 0 Å². The van der Waals surface area contributed by atoms with Crippen molar-refractivity contribution in [3.8, 4) is 0 Å². The van der Waals surface area contributed by atoms with Crippen molar-refractivity contribution in [3.63, 3.8) is 0 Å². The molecule has 1 heterocycles. The summed E-state index contributed by atoms with van der Waals surface area (Å²) in [6.07, 6.45) is 3.88. The third-order valence-corrected chi connectivity index (χ3v) is 1.63. The van der Waals surface area contributed by atoms with Crippen LogP contribution in [0.2, 0.25) is 0 Å². The third-order valence-electron chi connectivity index (χ3n) is 0.800. The molecule has 0 bridgehead atoms. The second-order valence-electron chi connectivity index (χ2n) is 1.34. The van der Waals surface area contributed by atoms with Crippen molar-refractivity contribution in [1.82, 2.24) is 4.90 Å². The van der Waals surface area contributed by atoms with Crippen LogP contribution in [0.4, 0.5) is 0 Å². The molecule has 1 aliphatic rings. The molecule has 0 aromatic carbocycles. The van der Waals surface area contributed by atoms with Crippen molar-refractivity contribution < 1.29 is 0 Å². The predicted octanol–water partition coefficient (Wildman–Crippen LogP) is 2.17. The van der Waals surface area contributed by atoms with Crippen LogP contribution in [0.5, 0.6) is 0 Å². The molecule has 0 saturated heterocycles. The molecule has 3 heteroatoms. The molecule has 0 N–H and O–H groups in total. The topological polar surface area (TPSA) is 3.24 Å². The quantitative estimate of drug-likeness (QED) is 0.413. The molecule has 1 aliphatic heterocycles. The van der Waals surface area contributed by atoms with Crippen LogP contribution in [0.1, 0.15) is 0 Å². The van der Waals surface area contributed by atoms with E-state index in [0.29, 0.717) is 6.00 Å². The first kappa shape index (κ1) is 6.05. The summed E-state index contributed by atoms with van der Waals surface area (Å²) in [6, 6.07) is 0.535. The zero-order valence-electron chi connectivity index (χ0n) is 4.25. The predicted molar refractivity (Wildman–Crippen MR) is 38.4 cm³/mol. The average Bonchev–Trinajstić information content (AvgIpc) is 1.90. The van der Waals surface area contributed by atoms with Crippen molar-refractivity contribution in [2.45, 2.75) is 0 Å². The second-order valence-corrected chi connectivity index (χ2v) is 2.40. The maximum absolute atomic E-state index is 5.49. The number of halogens is 1. The van der Waals surface area contributed by atoms with Gasteiger partial charge in [-0.1, -0.05) is 0 Å². The van der Waals surface area contributed by atoms with Crippen molar-refractivity contribution in [2.24, 2.45) is 0 Å². The van der Waals surface area contributed by atoms with Gasteiger partial charge < -0.3 is 4.90 Å². The Morgan fingerprint density at radius 3 is 2.38 bits per heavy atom. The van der Waals surface area contributed by atoms with E-state index in [4.69, 9.17) is 11.6 Å². The summed E-state index contributed by atoms with van der Waals surface area (Å²) >= 11 is 7.15. The second kappa shape index (κ2) is 3.05. The van der Waals surface area contributed by atoms with E-state index >= 15 is 0 Å². The highest BCUT2D eigenvalue weighted by atomic mass is 35.5. The molecule has 0 aromatic rings. The largest absolute Gasteiger partial charge is 0.339 e. The first-order valence-corrected chi connectivity index (χ1v) is 3.72. The summed E-state index contributed by atoms with van der Waals surface area (Å²) in [5.74, 6) is 0. The highest BCUT2D eigenvalue weighted by Gasteiger charge is 1.91. The molecule has 0 spiro atoms. The van der Waals surface area contributed by atoms with Gasteiger partial charge in [-0.25, -0.2) is 0 Å². The lowest BCUT2D eigenvalue weighted by atomic mass is 10.8. The molecular weight excluding hydrogens is 142 g/mol. The highest BCUT2D eigenvalue weighted by Crippen LogP contribution is 2.12. The van der Waals surface area contributed by atoms with Gasteiger partial charge in [0.2, 0.25) is 0 Å². The number of alkyl halides is 1. The molecule has 0 saturated carbocycles. The summed E-state index contributed by atoms with van der Waals surface area (Å²) in [4.78, 5) is 1.90. The Balaban J connectivity index is 2.42. The van der Waals surface area contributed by atoms with E-state index in [-0.39, 0.29) is 0 Å². The Bertz CT molecular complexity index is 110. The van der Waals surface area contributed by atoms with Crippen LogP contribution >= 0.6 is 23.4 Å². The van der Waals surface area contributed by atoms with Crippen LogP contribution in [0.15, 0.2) is 23.2 Å². The molecule has 0 unspecified atom stereocenters. The summed E-state index contributed by atoms with van der Waals surface area (Å²) in [5, 5.41) is 3.98. The van der Waals surface area contributed by atoms with Gasteiger partial charge in [-0.05, 0) is 10.8 Å². The minimum Gasteiger partial charge on any atom is -0.339 e. The Kier molecular flexibility index (Phi) is 2.30. The lowest BCUT2D eigenvalue weighted by molar-refractivity contribution is 0.597. The smallest absolute Gasteiger partial charge is 0.0966 e. The lowest BCUT2D eigenvalue weighted by Gasteiger charge is -2.11. The number of hydrogen-bond donors (Lipinski definition) is 0. The average molecular weight is 148 g/mol. The Morgan fingerprint density at radius 1 is 1.38 bits per heavy atom. The van der Waals surface area contributed by atoms with Gasteiger partial charge in [0.1, 0.15) is 0 Å². The van der Waals surface area contributed by atoms with Crippen LogP contribution in [0.3, 0.4) is 0 Å². The first-order valence-electron chi connectivity index (χ1n) is 2.24. The molecule has 1 nitrogen and oxygen atoms in total. The maximum atomic E-state index is 5.49. The summed E-state index contributed by atoms with van der Waals surface area (Å²) in [6.45, 7) is 0. The standard InChI is InChI=1S/C5H6ClNS/c6-5-7-1-3-8-4-2-7/h1-4H,5H2. The van der Waals surface area contributed by atoms with Gasteiger partial charge in [0.05, 0.1) is 6.00 Å². The van der Waals surface area contributed by atoms with E-state index in [1.165, 1.54) is 0 Å². The summed E-state index contributed by atoms with van der Waals surface area (Å²) in [5.41, 5.74) is 0. The normalized spacial score (nSPS) is 17.4. The zero-order valence-corrected chi connectivity index (χ0v) is 5.82. The number of hydrogen-bond acceptors (Lipinski definition) is 2. The molecule has 0 aromatic heterocycles. The van der Waals surface area contributed by atoms with Crippen molar-refractivity contribution in [3.05, 3.63) is 23.2 Å². The van der Waals surface area contributed by atoms with Gasteiger partial charge in [0.25, 0.3) is 0 Å². The lowest BCUT2D eigenvalue weighted by Crippen LogP contribution is -2.06. The van der Waals surface area contributed by atoms with Crippen molar-refractivity contribution in [2.75, 3.05) is 6.00 Å². The van der Waals surface area contributed by atoms with Gasteiger partial charge in [-0.3, -0.25) is 0 Å². The highest BCUT2D eigenvalue weighted by molar-refractivity contribution is 8.04. The molecular formula is C5H6ClNS. The number of nitrogens with zero attached hydrogens (tertiary/aromatic N) is 1. The molecule has 0 radical (unpaired) electrons. The molecule has 44 valence electrons. The number of rotatable bonds is 1. The minimum atomic E-state index is 0.535. The van der Waals surface area contributed by atoms with Gasteiger partial charge in [-0.2, -0.15) is 0 Å². The molecule has 8 heavy (non-hydrogen) atoms. The SMILES string of the molecule is ClCN1C=CSC=C1. The summed E-state index contributed by atoms with van der Waals surface area (Å²) in [7, 11) is 0. The van der Waals surface area contributed by atoms with Crippen molar-refractivity contribution >= 4 is 23.4 Å². The fourth-order valence-corrected chi connectivity index (χ4v) is 1.10. The van der Waals surface area contributed by atoms with Crippen molar-refractivity contribution in [1.29, 1.82) is 0 Å². The van der Waals surface area contributed by atoms with Crippen LogP contribution in [-0.2, 0) is 0 Å². The molecule has 0 aliphatic carbocycles. The Hall–Kier alpha value is -0.0800. The minimum absolute atomic E-state index is 0.535. The third kappa shape index (κ3) is 1.46. The first-order chi connectivity index (χ1) is 3.93. The summed E-state index contributed by atoms with van der Waals surface area (Å²) < 4.78 is 0. The van der Waals surface area contributed by atoms with Gasteiger partial charge >= 0.3 is 0 Å². The molecule has 1 rings (SSSR count). The van der Waals surface area contributed by atoms with Crippen LogP contribution in [0.25, 0.3) is 0 Å². The zero-order chi connectivity index (χ0) is 5.82. The van der Waals surface area contributed by atoms with Gasteiger partial charge in [0.15, 0.2) is 0 Å². The monoisotopic (exact) mass is 147 g/mol. The van der Waals surface area contributed by atoms with Crippen LogP contribution < -0.4 is 0 Å². The molecule has 0 atom stereocenters.